The number of halogens is 1. The van der Waals surface area contributed by atoms with Crippen LogP contribution in [0.2, 0.25) is 5.02 Å². The summed E-state index contributed by atoms with van der Waals surface area (Å²) in [4.78, 5) is 14.2. The van der Waals surface area contributed by atoms with E-state index in [2.05, 4.69) is 17.1 Å². The molecule has 2 rings (SSSR count). The van der Waals surface area contributed by atoms with E-state index in [1.165, 1.54) is 12.8 Å². The Kier molecular flexibility index (Phi) is 6.52. The van der Waals surface area contributed by atoms with Crippen LogP contribution in [0.25, 0.3) is 0 Å². The Bertz CT molecular complexity index is 499. The van der Waals surface area contributed by atoms with E-state index < -0.39 is 0 Å². The van der Waals surface area contributed by atoms with E-state index in [4.69, 9.17) is 16.3 Å². The number of amides is 1. The SMILES string of the molecule is Cc1cc(OCC(=O)NCCN2CCC(C)CC2)ccc1Cl. The van der Waals surface area contributed by atoms with Gasteiger partial charge in [-0.2, -0.15) is 0 Å². The molecule has 1 saturated heterocycles. The molecule has 0 saturated carbocycles. The van der Waals surface area contributed by atoms with Crippen LogP contribution in [-0.2, 0) is 4.79 Å². The molecule has 5 heteroatoms. The zero-order valence-corrected chi connectivity index (χ0v) is 14.2. The molecule has 0 aromatic heterocycles. The second-order valence-corrected chi connectivity index (χ2v) is 6.48. The summed E-state index contributed by atoms with van der Waals surface area (Å²) >= 11 is 5.96. The standard InChI is InChI=1S/C17H25ClN2O2/c1-13-5-8-20(9-6-13)10-7-19-17(21)12-22-15-3-4-16(18)14(2)11-15/h3-4,11,13H,5-10,12H2,1-2H3,(H,19,21). The first-order valence-corrected chi connectivity index (χ1v) is 8.30. The van der Waals surface area contributed by atoms with Crippen LogP contribution in [-0.4, -0.2) is 43.6 Å². The van der Waals surface area contributed by atoms with Crippen LogP contribution in [0, 0.1) is 12.8 Å². The lowest BCUT2D eigenvalue weighted by Crippen LogP contribution is -2.40. The summed E-state index contributed by atoms with van der Waals surface area (Å²) in [6, 6.07) is 5.39. The summed E-state index contributed by atoms with van der Waals surface area (Å²) < 4.78 is 5.48. The van der Waals surface area contributed by atoms with Gasteiger partial charge >= 0.3 is 0 Å². The molecule has 0 bridgehead atoms. The molecular formula is C17H25ClN2O2. The molecule has 1 N–H and O–H groups in total. The van der Waals surface area contributed by atoms with Crippen LogP contribution in [0.5, 0.6) is 5.75 Å². The number of benzene rings is 1. The van der Waals surface area contributed by atoms with Gasteiger partial charge in [0, 0.05) is 18.1 Å². The van der Waals surface area contributed by atoms with Crippen molar-refractivity contribution in [2.45, 2.75) is 26.7 Å². The van der Waals surface area contributed by atoms with E-state index in [1.807, 2.05) is 13.0 Å². The predicted octanol–water partition coefficient (Wildman–Crippen LogP) is 2.88. The van der Waals surface area contributed by atoms with Gasteiger partial charge in [-0.25, -0.2) is 0 Å². The van der Waals surface area contributed by atoms with Crippen LogP contribution >= 0.6 is 11.6 Å². The van der Waals surface area contributed by atoms with Crippen LogP contribution in [0.1, 0.15) is 25.3 Å². The van der Waals surface area contributed by atoms with Crippen molar-refractivity contribution in [3.8, 4) is 5.75 Å². The first-order chi connectivity index (χ1) is 10.5. The third-order valence-electron chi connectivity index (χ3n) is 4.13. The Morgan fingerprint density at radius 3 is 2.82 bits per heavy atom. The number of hydrogen-bond acceptors (Lipinski definition) is 3. The second kappa shape index (κ2) is 8.39. The Labute approximate surface area is 137 Å². The van der Waals surface area contributed by atoms with Crippen molar-refractivity contribution in [1.82, 2.24) is 10.2 Å². The van der Waals surface area contributed by atoms with Gasteiger partial charge in [-0.3, -0.25) is 4.79 Å². The Balaban J connectivity index is 1.62. The third-order valence-corrected chi connectivity index (χ3v) is 4.55. The molecule has 1 aromatic carbocycles. The Morgan fingerprint density at radius 1 is 1.41 bits per heavy atom. The molecule has 0 atom stereocenters. The van der Waals surface area contributed by atoms with Gasteiger partial charge < -0.3 is 15.0 Å². The second-order valence-electron chi connectivity index (χ2n) is 6.07. The van der Waals surface area contributed by atoms with E-state index in [0.29, 0.717) is 17.3 Å². The lowest BCUT2D eigenvalue weighted by Gasteiger charge is -2.30. The highest BCUT2D eigenvalue weighted by Gasteiger charge is 2.15. The van der Waals surface area contributed by atoms with Gasteiger partial charge in [-0.1, -0.05) is 18.5 Å². The summed E-state index contributed by atoms with van der Waals surface area (Å²) in [6.07, 6.45) is 2.51. The number of piperidine rings is 1. The average Bonchev–Trinajstić information content (AvgIpc) is 2.50. The maximum Gasteiger partial charge on any atom is 0.257 e. The smallest absolute Gasteiger partial charge is 0.257 e. The predicted molar refractivity (Wildman–Crippen MR) is 89.5 cm³/mol. The number of ether oxygens (including phenoxy) is 1. The zero-order valence-electron chi connectivity index (χ0n) is 13.4. The van der Waals surface area contributed by atoms with E-state index in [1.54, 1.807) is 12.1 Å². The van der Waals surface area contributed by atoms with Crippen molar-refractivity contribution in [3.63, 3.8) is 0 Å². The molecule has 1 fully saturated rings. The van der Waals surface area contributed by atoms with Crippen LogP contribution in [0.3, 0.4) is 0 Å². The summed E-state index contributed by atoms with van der Waals surface area (Å²) in [5.41, 5.74) is 0.943. The van der Waals surface area contributed by atoms with Crippen molar-refractivity contribution in [3.05, 3.63) is 28.8 Å². The first kappa shape index (κ1) is 17.1. The van der Waals surface area contributed by atoms with Crippen LogP contribution in [0.15, 0.2) is 18.2 Å². The number of carbonyl (C=O) groups excluding carboxylic acids is 1. The van der Waals surface area contributed by atoms with Crippen molar-refractivity contribution in [1.29, 1.82) is 0 Å². The number of rotatable bonds is 6. The molecule has 0 radical (unpaired) electrons. The topological polar surface area (TPSA) is 41.6 Å². The molecule has 1 amide bonds. The molecule has 0 unspecified atom stereocenters. The van der Waals surface area contributed by atoms with Gasteiger partial charge in [0.1, 0.15) is 5.75 Å². The van der Waals surface area contributed by atoms with Gasteiger partial charge in [0.05, 0.1) is 0 Å². The van der Waals surface area contributed by atoms with Crippen molar-refractivity contribution < 1.29 is 9.53 Å². The maximum atomic E-state index is 11.8. The number of nitrogens with one attached hydrogen (secondary N) is 1. The van der Waals surface area contributed by atoms with Crippen LogP contribution < -0.4 is 10.1 Å². The van der Waals surface area contributed by atoms with E-state index in [-0.39, 0.29) is 12.5 Å². The lowest BCUT2D eigenvalue weighted by molar-refractivity contribution is -0.123. The molecule has 0 aliphatic carbocycles. The normalized spacial score (nSPS) is 16.5. The summed E-state index contributed by atoms with van der Waals surface area (Å²) in [5, 5.41) is 3.61. The van der Waals surface area contributed by atoms with Gasteiger partial charge in [0.25, 0.3) is 5.91 Å². The quantitative estimate of drug-likeness (QED) is 0.875. The minimum Gasteiger partial charge on any atom is -0.484 e. The molecule has 1 heterocycles. The summed E-state index contributed by atoms with van der Waals surface area (Å²) in [5.74, 6) is 1.42. The highest BCUT2D eigenvalue weighted by molar-refractivity contribution is 6.31. The summed E-state index contributed by atoms with van der Waals surface area (Å²) in [7, 11) is 0. The maximum absolute atomic E-state index is 11.8. The fraction of sp³-hybridized carbons (Fsp3) is 0.588. The first-order valence-electron chi connectivity index (χ1n) is 7.92. The van der Waals surface area contributed by atoms with Crippen LogP contribution in [0.4, 0.5) is 0 Å². The highest BCUT2D eigenvalue weighted by atomic mass is 35.5. The number of carbonyl (C=O) groups is 1. The fourth-order valence-electron chi connectivity index (χ4n) is 2.55. The Morgan fingerprint density at radius 2 is 2.14 bits per heavy atom. The lowest BCUT2D eigenvalue weighted by atomic mass is 9.99. The van der Waals surface area contributed by atoms with E-state index >= 15 is 0 Å². The molecule has 22 heavy (non-hydrogen) atoms. The molecular weight excluding hydrogens is 300 g/mol. The molecule has 122 valence electrons. The van der Waals surface area contributed by atoms with E-state index in [0.717, 1.165) is 31.1 Å². The van der Waals surface area contributed by atoms with E-state index in [9.17, 15) is 4.79 Å². The molecule has 0 spiro atoms. The average molecular weight is 325 g/mol. The fourth-order valence-corrected chi connectivity index (χ4v) is 2.66. The van der Waals surface area contributed by atoms with Crippen molar-refractivity contribution >= 4 is 17.5 Å². The van der Waals surface area contributed by atoms with Gasteiger partial charge in [-0.05, 0) is 62.5 Å². The molecule has 1 aromatic rings. The minimum absolute atomic E-state index is 0.0398. The summed E-state index contributed by atoms with van der Waals surface area (Å²) in [6.45, 7) is 8.12. The number of aryl methyl sites for hydroxylation is 1. The number of hydrogen-bond donors (Lipinski definition) is 1. The van der Waals surface area contributed by atoms with Gasteiger partial charge in [-0.15, -0.1) is 0 Å². The third kappa shape index (κ3) is 5.50. The minimum atomic E-state index is -0.0852. The molecule has 1 aliphatic rings. The van der Waals surface area contributed by atoms with Gasteiger partial charge in [0.15, 0.2) is 6.61 Å². The number of likely N-dealkylation sites (tertiary alicyclic amines) is 1. The number of nitrogens with zero attached hydrogens (tertiary/aromatic N) is 1. The van der Waals surface area contributed by atoms with Gasteiger partial charge in [0.2, 0.25) is 0 Å². The highest BCUT2D eigenvalue weighted by Crippen LogP contribution is 2.20. The zero-order chi connectivity index (χ0) is 15.9. The Hall–Kier alpha value is -1.26. The molecule has 4 nitrogen and oxygen atoms in total. The largest absolute Gasteiger partial charge is 0.484 e. The van der Waals surface area contributed by atoms with Crippen molar-refractivity contribution in [2.24, 2.45) is 5.92 Å². The van der Waals surface area contributed by atoms with Crippen molar-refractivity contribution in [2.75, 3.05) is 32.8 Å². The monoisotopic (exact) mass is 324 g/mol. The molecule has 1 aliphatic heterocycles.